The Morgan fingerprint density at radius 2 is 1.95 bits per heavy atom. The quantitative estimate of drug-likeness (QED) is 0.335. The SMILES string of the molecule is Cc1nnc2n1-c1sc3c(c1C(c1ccccc1Cl)=NC21CC1)C[C@H](CC(=O)N[C@H]1CCc2ccccc21)C3. The van der Waals surface area contributed by atoms with Crippen LogP contribution in [0.15, 0.2) is 53.5 Å². The number of aliphatic imine (C=N–C) groups is 1. The van der Waals surface area contributed by atoms with Gasteiger partial charge in [-0.3, -0.25) is 14.4 Å². The van der Waals surface area contributed by atoms with Crippen molar-refractivity contribution in [3.8, 4) is 5.00 Å². The van der Waals surface area contributed by atoms with Gasteiger partial charge in [0.1, 0.15) is 16.4 Å². The minimum Gasteiger partial charge on any atom is -0.349 e. The average molecular weight is 554 g/mol. The highest BCUT2D eigenvalue weighted by atomic mass is 35.5. The fourth-order valence-corrected chi connectivity index (χ4v) is 8.52. The van der Waals surface area contributed by atoms with Crippen LogP contribution in [0.25, 0.3) is 5.00 Å². The van der Waals surface area contributed by atoms with Gasteiger partial charge in [-0.25, -0.2) is 0 Å². The predicted molar refractivity (Wildman–Crippen MR) is 153 cm³/mol. The van der Waals surface area contributed by atoms with E-state index in [0.717, 1.165) is 72.0 Å². The molecule has 1 amide bonds. The Bertz CT molecular complexity index is 1700. The number of rotatable bonds is 4. The number of thiophene rings is 1. The highest BCUT2D eigenvalue weighted by Gasteiger charge is 2.52. The number of fused-ring (bicyclic) bond motifs is 7. The van der Waals surface area contributed by atoms with Gasteiger partial charge in [0.05, 0.1) is 11.8 Å². The lowest BCUT2D eigenvalue weighted by Crippen LogP contribution is -2.29. The molecule has 4 aromatic rings. The fraction of sp³-hybridized carbons (Fsp3) is 0.355. The number of hydrogen-bond acceptors (Lipinski definition) is 5. The molecule has 1 aliphatic heterocycles. The molecule has 6 nitrogen and oxygen atoms in total. The zero-order chi connectivity index (χ0) is 26.3. The first-order chi connectivity index (χ1) is 19.0. The van der Waals surface area contributed by atoms with Crippen LogP contribution in [0.1, 0.15) is 76.1 Å². The molecule has 0 radical (unpaired) electrons. The molecular formula is C31H28ClN5OS. The maximum absolute atomic E-state index is 13.2. The molecule has 2 aromatic carbocycles. The second-order valence-corrected chi connectivity index (χ2v) is 12.9. The van der Waals surface area contributed by atoms with Gasteiger partial charge in [-0.05, 0) is 74.1 Å². The Morgan fingerprint density at radius 3 is 2.79 bits per heavy atom. The minimum atomic E-state index is -0.336. The van der Waals surface area contributed by atoms with Crippen molar-refractivity contribution in [2.75, 3.05) is 0 Å². The zero-order valence-electron chi connectivity index (χ0n) is 21.7. The summed E-state index contributed by atoms with van der Waals surface area (Å²) in [6.45, 7) is 2.02. The highest BCUT2D eigenvalue weighted by molar-refractivity contribution is 7.15. The molecule has 0 saturated heterocycles. The average Bonchev–Trinajstić information content (AvgIpc) is 3.19. The number of carbonyl (C=O) groups is 1. The number of halogens is 1. The van der Waals surface area contributed by atoms with Gasteiger partial charge < -0.3 is 5.32 Å². The summed E-state index contributed by atoms with van der Waals surface area (Å²) < 4.78 is 2.23. The third kappa shape index (κ3) is 3.66. The second-order valence-electron chi connectivity index (χ2n) is 11.4. The van der Waals surface area contributed by atoms with Crippen LogP contribution in [0.3, 0.4) is 0 Å². The molecule has 3 aliphatic carbocycles. The van der Waals surface area contributed by atoms with Gasteiger partial charge in [0.2, 0.25) is 5.91 Å². The van der Waals surface area contributed by atoms with Crippen molar-refractivity contribution in [2.45, 2.75) is 63.5 Å². The van der Waals surface area contributed by atoms with Crippen LogP contribution in [-0.2, 0) is 29.6 Å². The highest BCUT2D eigenvalue weighted by Crippen LogP contribution is 2.54. The monoisotopic (exact) mass is 553 g/mol. The molecule has 1 spiro atoms. The lowest BCUT2D eigenvalue weighted by molar-refractivity contribution is -0.122. The molecule has 2 aromatic heterocycles. The summed E-state index contributed by atoms with van der Waals surface area (Å²) in [5.74, 6) is 2.26. The van der Waals surface area contributed by atoms with E-state index in [9.17, 15) is 4.79 Å². The second kappa shape index (κ2) is 8.60. The number of carbonyl (C=O) groups excluding carboxylic acids is 1. The van der Waals surface area contributed by atoms with Crippen LogP contribution in [-0.4, -0.2) is 26.4 Å². The van der Waals surface area contributed by atoms with Gasteiger partial charge >= 0.3 is 0 Å². The normalized spacial score (nSPS) is 21.5. The Hall–Kier alpha value is -3.29. The standard InChI is InChI=1S/C31H28ClN5OS/c1-17-35-36-30-31(12-13-31)34-28(21-8-4-5-9-23(21)32)27-22-14-18(15-25(22)39-29(27)37(17)30)16-26(38)33-24-11-10-19-6-2-3-7-20(19)24/h2-9,18,24H,10-16H2,1H3,(H,33,38)/t18-,24-/m0/s1. The van der Waals surface area contributed by atoms with Gasteiger partial charge in [-0.15, -0.1) is 21.5 Å². The Labute approximate surface area is 236 Å². The van der Waals surface area contributed by atoms with Crippen LogP contribution < -0.4 is 5.32 Å². The van der Waals surface area contributed by atoms with E-state index < -0.39 is 0 Å². The summed E-state index contributed by atoms with van der Waals surface area (Å²) in [7, 11) is 0. The Balaban J connectivity index is 1.13. The van der Waals surface area contributed by atoms with E-state index in [1.807, 2.05) is 36.5 Å². The summed E-state index contributed by atoms with van der Waals surface area (Å²) in [5, 5.41) is 14.3. The number of aromatic nitrogens is 3. The Kier molecular flexibility index (Phi) is 5.20. The lowest BCUT2D eigenvalue weighted by Gasteiger charge is -2.17. The van der Waals surface area contributed by atoms with E-state index in [1.165, 1.54) is 21.6 Å². The number of nitrogens with zero attached hydrogens (tertiary/aromatic N) is 4. The van der Waals surface area contributed by atoms with Crippen molar-refractivity contribution < 1.29 is 4.79 Å². The summed E-state index contributed by atoms with van der Waals surface area (Å²) in [5.41, 5.74) is 6.69. The first-order valence-corrected chi connectivity index (χ1v) is 15.0. The molecule has 3 heterocycles. The molecule has 8 heteroatoms. The molecule has 2 atom stereocenters. The summed E-state index contributed by atoms with van der Waals surface area (Å²) in [4.78, 5) is 20.0. The van der Waals surface area contributed by atoms with Crippen LogP contribution in [0.5, 0.6) is 0 Å². The fourth-order valence-electron chi connectivity index (χ4n) is 6.80. The van der Waals surface area contributed by atoms with Crippen molar-refractivity contribution in [2.24, 2.45) is 10.9 Å². The lowest BCUT2D eigenvalue weighted by atomic mass is 9.96. The first kappa shape index (κ1) is 23.6. The molecule has 1 fully saturated rings. The smallest absolute Gasteiger partial charge is 0.220 e. The van der Waals surface area contributed by atoms with Gasteiger partial charge in [0, 0.05) is 27.4 Å². The van der Waals surface area contributed by atoms with E-state index in [4.69, 9.17) is 16.6 Å². The van der Waals surface area contributed by atoms with E-state index in [-0.39, 0.29) is 23.4 Å². The maximum atomic E-state index is 13.2. The number of amides is 1. The van der Waals surface area contributed by atoms with Crippen molar-refractivity contribution in [3.05, 3.63) is 97.9 Å². The van der Waals surface area contributed by atoms with Crippen molar-refractivity contribution in [3.63, 3.8) is 0 Å². The van der Waals surface area contributed by atoms with Crippen LogP contribution >= 0.6 is 22.9 Å². The van der Waals surface area contributed by atoms with E-state index >= 15 is 0 Å². The molecule has 39 heavy (non-hydrogen) atoms. The predicted octanol–water partition coefficient (Wildman–Crippen LogP) is 6.04. The van der Waals surface area contributed by atoms with Gasteiger partial charge in [0.25, 0.3) is 0 Å². The molecule has 1 N–H and O–H groups in total. The molecule has 8 rings (SSSR count). The van der Waals surface area contributed by atoms with Gasteiger partial charge in [-0.1, -0.05) is 54.1 Å². The topological polar surface area (TPSA) is 72.2 Å². The number of hydrogen-bond donors (Lipinski definition) is 1. The van der Waals surface area contributed by atoms with Crippen LogP contribution in [0, 0.1) is 12.8 Å². The van der Waals surface area contributed by atoms with E-state index in [1.54, 1.807) is 0 Å². The van der Waals surface area contributed by atoms with Gasteiger partial charge in [0.15, 0.2) is 5.82 Å². The Morgan fingerprint density at radius 1 is 1.13 bits per heavy atom. The number of benzene rings is 2. The molecule has 0 unspecified atom stereocenters. The summed E-state index contributed by atoms with van der Waals surface area (Å²) in [6.07, 6.45) is 6.24. The third-order valence-corrected chi connectivity index (χ3v) is 10.4. The molecule has 196 valence electrons. The third-order valence-electron chi connectivity index (χ3n) is 8.84. The van der Waals surface area contributed by atoms with Crippen LogP contribution in [0.2, 0.25) is 5.02 Å². The van der Waals surface area contributed by atoms with E-state index in [0.29, 0.717) is 11.4 Å². The largest absolute Gasteiger partial charge is 0.349 e. The maximum Gasteiger partial charge on any atom is 0.220 e. The first-order valence-electron chi connectivity index (χ1n) is 13.8. The summed E-state index contributed by atoms with van der Waals surface area (Å²) >= 11 is 8.59. The van der Waals surface area contributed by atoms with E-state index in [2.05, 4.69) is 50.4 Å². The molecule has 0 bridgehead atoms. The summed E-state index contributed by atoms with van der Waals surface area (Å²) in [6, 6.07) is 16.6. The van der Waals surface area contributed by atoms with Crippen molar-refractivity contribution in [1.82, 2.24) is 20.1 Å². The minimum absolute atomic E-state index is 0.129. The van der Waals surface area contributed by atoms with Crippen LogP contribution in [0.4, 0.5) is 0 Å². The zero-order valence-corrected chi connectivity index (χ0v) is 23.3. The van der Waals surface area contributed by atoms with Gasteiger partial charge in [-0.2, -0.15) is 0 Å². The molecular weight excluding hydrogens is 526 g/mol. The molecule has 1 saturated carbocycles. The van der Waals surface area contributed by atoms with Crippen molar-refractivity contribution >= 4 is 34.6 Å². The van der Waals surface area contributed by atoms with Crippen molar-refractivity contribution in [1.29, 1.82) is 0 Å². The number of aryl methyl sites for hydroxylation is 2. The molecule has 4 aliphatic rings. The number of nitrogens with one attached hydrogen (secondary N) is 1.